The van der Waals surface area contributed by atoms with Gasteiger partial charge < -0.3 is 9.26 Å². The molecule has 1 fully saturated rings. The fourth-order valence-electron chi connectivity index (χ4n) is 2.85. The van der Waals surface area contributed by atoms with Crippen molar-refractivity contribution in [1.29, 1.82) is 0 Å². The van der Waals surface area contributed by atoms with Crippen LogP contribution in [0.1, 0.15) is 26.5 Å². The number of ether oxygens (including phenoxy) is 1. The second-order valence-corrected chi connectivity index (χ2v) is 6.07. The van der Waals surface area contributed by atoms with E-state index < -0.39 is 0 Å². The Kier molecular flexibility index (Phi) is 6.56. The molecule has 7 heteroatoms. The molecule has 1 N–H and O–H groups in total. The normalized spacial score (nSPS) is 21.3. The van der Waals surface area contributed by atoms with Crippen molar-refractivity contribution < 1.29 is 14.1 Å². The quantitative estimate of drug-likeness (QED) is 0.764. The minimum atomic E-state index is -0.197. The maximum absolute atomic E-state index is 12.3. The number of rotatable bonds is 7. The molecule has 0 spiro atoms. The first-order chi connectivity index (χ1) is 11.0. The summed E-state index contributed by atoms with van der Waals surface area (Å²) in [6.45, 7) is 13.1. The topological polar surface area (TPSA) is 70.8 Å². The molecule has 2 unspecified atom stereocenters. The van der Waals surface area contributed by atoms with E-state index in [1.54, 1.807) is 6.07 Å². The molecule has 0 aliphatic carbocycles. The predicted octanol–water partition coefficient (Wildman–Crippen LogP) is 1.35. The van der Waals surface area contributed by atoms with Gasteiger partial charge in [0.15, 0.2) is 0 Å². The van der Waals surface area contributed by atoms with Gasteiger partial charge >= 0.3 is 0 Å². The highest BCUT2D eigenvalue weighted by Crippen LogP contribution is 2.14. The third-order valence-corrected chi connectivity index (χ3v) is 4.32. The van der Waals surface area contributed by atoms with E-state index in [0.29, 0.717) is 11.9 Å². The average molecular weight is 324 g/mol. The zero-order valence-corrected chi connectivity index (χ0v) is 14.5. The number of hydrogen-bond donors (Lipinski definition) is 1. The lowest BCUT2D eigenvalue weighted by molar-refractivity contribution is -0.122. The van der Waals surface area contributed by atoms with Crippen LogP contribution in [0.4, 0.5) is 5.88 Å². The molecule has 1 aromatic rings. The van der Waals surface area contributed by atoms with Crippen molar-refractivity contribution in [3.05, 3.63) is 11.8 Å². The van der Waals surface area contributed by atoms with Gasteiger partial charge in [0.05, 0.1) is 18.3 Å². The van der Waals surface area contributed by atoms with Crippen molar-refractivity contribution >= 4 is 11.8 Å². The van der Waals surface area contributed by atoms with Gasteiger partial charge in [-0.2, -0.15) is 0 Å². The molecule has 23 heavy (non-hydrogen) atoms. The molecule has 1 aliphatic heterocycles. The lowest BCUT2D eigenvalue weighted by atomic mass is 10.1. The molecule has 1 saturated heterocycles. The fourth-order valence-corrected chi connectivity index (χ4v) is 2.85. The fraction of sp³-hybridized carbons (Fsp3) is 0.750. The van der Waals surface area contributed by atoms with Gasteiger partial charge in [0.2, 0.25) is 11.8 Å². The lowest BCUT2D eigenvalue weighted by Gasteiger charge is -2.41. The van der Waals surface area contributed by atoms with Crippen LogP contribution in [-0.4, -0.2) is 72.3 Å². The first-order valence-electron chi connectivity index (χ1n) is 8.31. The third kappa shape index (κ3) is 5.02. The molecule has 130 valence electrons. The van der Waals surface area contributed by atoms with Crippen LogP contribution in [0.15, 0.2) is 10.6 Å². The molecule has 7 nitrogen and oxygen atoms in total. The number of anilines is 1. The van der Waals surface area contributed by atoms with Gasteiger partial charge in [-0.1, -0.05) is 5.16 Å². The Balaban J connectivity index is 1.81. The van der Waals surface area contributed by atoms with Crippen molar-refractivity contribution in [2.75, 3.05) is 44.7 Å². The number of nitrogens with one attached hydrogen (secondary N) is 1. The number of carbonyl (C=O) groups is 1. The standard InChI is InChI=1S/C16H28N4O3/c1-5-22-9-8-19-6-7-20(11-13(19)3)14(4)16(21)17-15-10-12(2)18-23-15/h10,13-14H,5-9,11H2,1-4H3,(H,17,21). The van der Waals surface area contributed by atoms with E-state index in [1.165, 1.54) is 0 Å². The van der Waals surface area contributed by atoms with Crippen molar-refractivity contribution in [1.82, 2.24) is 15.0 Å². The Bertz CT molecular complexity index is 505. The third-order valence-electron chi connectivity index (χ3n) is 4.32. The summed E-state index contributed by atoms with van der Waals surface area (Å²) in [5, 5.41) is 6.56. The summed E-state index contributed by atoms with van der Waals surface area (Å²) in [6.07, 6.45) is 0. The Labute approximate surface area is 137 Å². The molecule has 0 saturated carbocycles. The molecule has 0 bridgehead atoms. The minimum absolute atomic E-state index is 0.0592. The van der Waals surface area contributed by atoms with Crippen LogP contribution in [0.25, 0.3) is 0 Å². The van der Waals surface area contributed by atoms with E-state index in [0.717, 1.165) is 45.1 Å². The summed E-state index contributed by atoms with van der Waals surface area (Å²) < 4.78 is 10.5. The molecular formula is C16H28N4O3. The maximum Gasteiger partial charge on any atom is 0.243 e. The summed E-state index contributed by atoms with van der Waals surface area (Å²) >= 11 is 0. The van der Waals surface area contributed by atoms with E-state index in [1.807, 2.05) is 20.8 Å². The highest BCUT2D eigenvalue weighted by atomic mass is 16.5. The maximum atomic E-state index is 12.3. The number of aromatic nitrogens is 1. The first-order valence-corrected chi connectivity index (χ1v) is 8.31. The summed E-state index contributed by atoms with van der Waals surface area (Å²) in [6, 6.07) is 1.93. The van der Waals surface area contributed by atoms with Gasteiger partial charge in [-0.15, -0.1) is 0 Å². The number of carbonyl (C=O) groups excluding carboxylic acids is 1. The van der Waals surface area contributed by atoms with Gasteiger partial charge in [-0.3, -0.25) is 19.9 Å². The lowest BCUT2D eigenvalue weighted by Crippen LogP contribution is -2.57. The van der Waals surface area contributed by atoms with Crippen molar-refractivity contribution in [3.8, 4) is 0 Å². The second-order valence-electron chi connectivity index (χ2n) is 6.07. The smallest absolute Gasteiger partial charge is 0.243 e. The predicted molar refractivity (Wildman–Crippen MR) is 88.4 cm³/mol. The minimum Gasteiger partial charge on any atom is -0.380 e. The van der Waals surface area contributed by atoms with E-state index in [-0.39, 0.29) is 11.9 Å². The number of hydrogen-bond acceptors (Lipinski definition) is 6. The Morgan fingerprint density at radius 3 is 2.96 bits per heavy atom. The van der Waals surface area contributed by atoms with Crippen LogP contribution >= 0.6 is 0 Å². The molecule has 1 aliphatic rings. The summed E-state index contributed by atoms with van der Waals surface area (Å²) in [5.41, 5.74) is 0.754. The zero-order valence-electron chi connectivity index (χ0n) is 14.5. The Morgan fingerprint density at radius 2 is 2.35 bits per heavy atom. The molecule has 2 atom stereocenters. The van der Waals surface area contributed by atoms with E-state index in [9.17, 15) is 4.79 Å². The summed E-state index contributed by atoms with van der Waals surface area (Å²) in [7, 11) is 0. The molecule has 1 aromatic heterocycles. The largest absolute Gasteiger partial charge is 0.380 e. The first kappa shape index (κ1) is 17.9. The van der Waals surface area contributed by atoms with Crippen molar-refractivity contribution in [2.24, 2.45) is 0 Å². The Morgan fingerprint density at radius 1 is 1.57 bits per heavy atom. The van der Waals surface area contributed by atoms with Crippen LogP contribution in [0.5, 0.6) is 0 Å². The number of nitrogens with zero attached hydrogens (tertiary/aromatic N) is 3. The van der Waals surface area contributed by atoms with Crippen LogP contribution in [-0.2, 0) is 9.53 Å². The SMILES string of the molecule is CCOCCN1CCN(C(C)C(=O)Nc2cc(C)no2)CC1C. The van der Waals surface area contributed by atoms with Crippen LogP contribution in [0.2, 0.25) is 0 Å². The molecule has 2 rings (SSSR count). The number of piperazine rings is 1. The molecule has 1 amide bonds. The van der Waals surface area contributed by atoms with Crippen LogP contribution in [0, 0.1) is 6.92 Å². The van der Waals surface area contributed by atoms with Crippen LogP contribution in [0.3, 0.4) is 0 Å². The second kappa shape index (κ2) is 8.42. The summed E-state index contributed by atoms with van der Waals surface area (Å²) in [5.74, 6) is 0.346. The van der Waals surface area contributed by atoms with E-state index >= 15 is 0 Å². The average Bonchev–Trinajstić information content (AvgIpc) is 2.93. The summed E-state index contributed by atoms with van der Waals surface area (Å²) in [4.78, 5) is 17.0. The highest BCUT2D eigenvalue weighted by molar-refractivity contribution is 5.93. The number of aryl methyl sites for hydroxylation is 1. The van der Waals surface area contributed by atoms with Gasteiger partial charge in [0.1, 0.15) is 0 Å². The van der Waals surface area contributed by atoms with Gasteiger partial charge in [-0.25, -0.2) is 0 Å². The molecular weight excluding hydrogens is 296 g/mol. The molecule has 0 aromatic carbocycles. The van der Waals surface area contributed by atoms with Crippen molar-refractivity contribution in [2.45, 2.75) is 39.8 Å². The van der Waals surface area contributed by atoms with E-state index in [4.69, 9.17) is 9.26 Å². The molecule has 2 heterocycles. The Hall–Kier alpha value is -1.44. The molecule has 0 radical (unpaired) electrons. The highest BCUT2D eigenvalue weighted by Gasteiger charge is 2.29. The van der Waals surface area contributed by atoms with Crippen molar-refractivity contribution in [3.63, 3.8) is 0 Å². The number of amides is 1. The zero-order chi connectivity index (χ0) is 16.8. The van der Waals surface area contributed by atoms with Gasteiger partial charge in [0, 0.05) is 44.9 Å². The monoisotopic (exact) mass is 324 g/mol. The van der Waals surface area contributed by atoms with Gasteiger partial charge in [-0.05, 0) is 27.7 Å². The van der Waals surface area contributed by atoms with Crippen LogP contribution < -0.4 is 5.32 Å². The van der Waals surface area contributed by atoms with E-state index in [2.05, 4.69) is 27.2 Å². The van der Waals surface area contributed by atoms with Gasteiger partial charge in [0.25, 0.3) is 0 Å².